The fourth-order valence-corrected chi connectivity index (χ4v) is 3.53. The highest BCUT2D eigenvalue weighted by molar-refractivity contribution is 6.30. The number of amides is 1. The number of halogens is 1. The van der Waals surface area contributed by atoms with E-state index < -0.39 is 17.7 Å². The molecule has 0 aliphatic heterocycles. The van der Waals surface area contributed by atoms with Crippen molar-refractivity contribution in [2.24, 2.45) is 0 Å². The maximum Gasteiger partial charge on any atom is 0.408 e. The summed E-state index contributed by atoms with van der Waals surface area (Å²) in [6.07, 6.45) is 3.03. The standard InChI is InChI=1S/C24H28ClNO4/c1-24(2,3)26-23(28)30-22(17-8-12-18(25)13-9-17)21(27)16-10-14-20(15-11-16)29-19-6-4-5-7-19/h8-15,19,22H,4-7H2,1-3H3,(H,26,28). The molecule has 1 amide bonds. The zero-order valence-corrected chi connectivity index (χ0v) is 18.4. The molecular formula is C24H28ClNO4. The second-order valence-corrected chi connectivity index (χ2v) is 9.06. The van der Waals surface area contributed by atoms with Crippen LogP contribution in [0.25, 0.3) is 0 Å². The summed E-state index contributed by atoms with van der Waals surface area (Å²) < 4.78 is 11.5. The second-order valence-electron chi connectivity index (χ2n) is 8.62. The summed E-state index contributed by atoms with van der Waals surface area (Å²) in [5.74, 6) is 0.432. The molecule has 0 radical (unpaired) electrons. The van der Waals surface area contributed by atoms with Gasteiger partial charge >= 0.3 is 6.09 Å². The minimum Gasteiger partial charge on any atom is -0.490 e. The lowest BCUT2D eigenvalue weighted by molar-refractivity contribution is 0.0607. The molecule has 2 aromatic carbocycles. The number of carbonyl (C=O) groups is 2. The first-order valence-electron chi connectivity index (χ1n) is 10.3. The van der Waals surface area contributed by atoms with Crippen LogP contribution in [-0.4, -0.2) is 23.5 Å². The summed E-state index contributed by atoms with van der Waals surface area (Å²) in [6.45, 7) is 5.53. The molecule has 160 valence electrons. The van der Waals surface area contributed by atoms with E-state index in [1.807, 2.05) is 20.8 Å². The van der Waals surface area contributed by atoms with Crippen molar-refractivity contribution in [1.29, 1.82) is 0 Å². The van der Waals surface area contributed by atoms with Crippen molar-refractivity contribution in [2.75, 3.05) is 0 Å². The third-order valence-electron chi connectivity index (χ3n) is 4.86. The molecule has 0 spiro atoms. The lowest BCUT2D eigenvalue weighted by Gasteiger charge is -2.23. The van der Waals surface area contributed by atoms with Gasteiger partial charge in [0, 0.05) is 21.7 Å². The molecule has 1 fully saturated rings. The van der Waals surface area contributed by atoms with E-state index in [0.717, 1.165) is 18.6 Å². The number of carbonyl (C=O) groups excluding carboxylic acids is 2. The van der Waals surface area contributed by atoms with E-state index in [1.54, 1.807) is 48.5 Å². The van der Waals surface area contributed by atoms with Crippen LogP contribution >= 0.6 is 11.6 Å². The third kappa shape index (κ3) is 6.23. The van der Waals surface area contributed by atoms with Crippen molar-refractivity contribution >= 4 is 23.5 Å². The zero-order chi connectivity index (χ0) is 21.7. The average Bonchev–Trinajstić information content (AvgIpc) is 3.19. The molecule has 0 aromatic heterocycles. The molecule has 6 heteroatoms. The van der Waals surface area contributed by atoms with Gasteiger partial charge < -0.3 is 14.8 Å². The maximum atomic E-state index is 13.2. The smallest absolute Gasteiger partial charge is 0.408 e. The highest BCUT2D eigenvalue weighted by Crippen LogP contribution is 2.27. The number of Topliss-reactive ketones (excluding diaryl/α,β-unsaturated/α-hetero) is 1. The molecule has 1 unspecified atom stereocenters. The first kappa shape index (κ1) is 22.2. The van der Waals surface area contributed by atoms with E-state index in [9.17, 15) is 9.59 Å². The zero-order valence-electron chi connectivity index (χ0n) is 17.6. The minimum atomic E-state index is -1.08. The molecule has 0 heterocycles. The maximum absolute atomic E-state index is 13.2. The van der Waals surface area contributed by atoms with Gasteiger partial charge in [0.15, 0.2) is 6.10 Å². The number of alkyl carbamates (subject to hydrolysis) is 1. The van der Waals surface area contributed by atoms with Gasteiger partial charge in [0.2, 0.25) is 5.78 Å². The molecule has 1 aliphatic rings. The quantitative estimate of drug-likeness (QED) is 0.562. The number of ketones is 1. The Morgan fingerprint density at radius 2 is 1.60 bits per heavy atom. The minimum absolute atomic E-state index is 0.248. The number of benzene rings is 2. The van der Waals surface area contributed by atoms with Gasteiger partial charge in [0.1, 0.15) is 5.75 Å². The predicted molar refractivity (Wildman–Crippen MR) is 117 cm³/mol. The third-order valence-corrected chi connectivity index (χ3v) is 5.11. The molecule has 5 nitrogen and oxygen atoms in total. The van der Waals surface area contributed by atoms with Crippen molar-refractivity contribution in [1.82, 2.24) is 5.32 Å². The molecule has 1 aliphatic carbocycles. The van der Waals surface area contributed by atoms with E-state index in [0.29, 0.717) is 16.1 Å². The Morgan fingerprint density at radius 1 is 1.00 bits per heavy atom. The number of nitrogens with one attached hydrogen (secondary N) is 1. The molecule has 30 heavy (non-hydrogen) atoms. The molecule has 1 atom stereocenters. The predicted octanol–water partition coefficient (Wildman–Crippen LogP) is 6.11. The van der Waals surface area contributed by atoms with Gasteiger partial charge in [0.25, 0.3) is 0 Å². The van der Waals surface area contributed by atoms with Crippen LogP contribution in [0.1, 0.15) is 68.5 Å². The fraction of sp³-hybridized carbons (Fsp3) is 0.417. The second kappa shape index (κ2) is 9.52. The first-order valence-corrected chi connectivity index (χ1v) is 10.6. The topological polar surface area (TPSA) is 64.6 Å². The molecule has 3 rings (SSSR count). The Bertz CT molecular complexity index is 866. The van der Waals surface area contributed by atoms with Crippen LogP contribution < -0.4 is 10.1 Å². The first-order chi connectivity index (χ1) is 14.2. The van der Waals surface area contributed by atoms with Crippen LogP contribution in [0.3, 0.4) is 0 Å². The summed E-state index contributed by atoms with van der Waals surface area (Å²) >= 11 is 5.97. The largest absolute Gasteiger partial charge is 0.490 e. The number of ether oxygens (including phenoxy) is 2. The van der Waals surface area contributed by atoms with E-state index in [1.165, 1.54) is 12.8 Å². The van der Waals surface area contributed by atoms with E-state index in [4.69, 9.17) is 21.1 Å². The van der Waals surface area contributed by atoms with Crippen molar-refractivity contribution in [3.63, 3.8) is 0 Å². The molecule has 0 saturated heterocycles. The monoisotopic (exact) mass is 429 g/mol. The summed E-state index contributed by atoms with van der Waals surface area (Å²) in [6, 6.07) is 13.7. The van der Waals surface area contributed by atoms with Crippen LogP contribution in [0.5, 0.6) is 5.75 Å². The van der Waals surface area contributed by atoms with Gasteiger partial charge in [-0.15, -0.1) is 0 Å². The lowest BCUT2D eigenvalue weighted by atomic mass is 9.99. The summed E-state index contributed by atoms with van der Waals surface area (Å²) in [4.78, 5) is 25.6. The van der Waals surface area contributed by atoms with Gasteiger partial charge in [0.05, 0.1) is 6.10 Å². The SMILES string of the molecule is CC(C)(C)NC(=O)OC(C(=O)c1ccc(OC2CCCC2)cc1)c1ccc(Cl)cc1. The number of hydrogen-bond donors (Lipinski definition) is 1. The van der Waals surface area contributed by atoms with Crippen LogP contribution in [0, 0.1) is 0 Å². The van der Waals surface area contributed by atoms with Crippen LogP contribution in [-0.2, 0) is 4.74 Å². The van der Waals surface area contributed by atoms with Crippen molar-refractivity contribution < 1.29 is 19.1 Å². The summed E-state index contributed by atoms with van der Waals surface area (Å²) in [7, 11) is 0. The van der Waals surface area contributed by atoms with Crippen LogP contribution in [0.15, 0.2) is 48.5 Å². The van der Waals surface area contributed by atoms with Crippen molar-refractivity contribution in [3.05, 3.63) is 64.7 Å². The van der Waals surface area contributed by atoms with Gasteiger partial charge in [-0.3, -0.25) is 4.79 Å². The molecule has 1 saturated carbocycles. The molecule has 2 aromatic rings. The fourth-order valence-electron chi connectivity index (χ4n) is 3.40. The van der Waals surface area contributed by atoms with Gasteiger partial charge in [-0.25, -0.2) is 4.79 Å². The Hall–Kier alpha value is -2.53. The van der Waals surface area contributed by atoms with E-state index >= 15 is 0 Å². The lowest BCUT2D eigenvalue weighted by Crippen LogP contribution is -2.42. The molecule has 1 N–H and O–H groups in total. The normalized spacial score (nSPS) is 15.5. The van der Waals surface area contributed by atoms with Crippen LogP contribution in [0.2, 0.25) is 5.02 Å². The Balaban J connectivity index is 1.78. The van der Waals surface area contributed by atoms with E-state index in [-0.39, 0.29) is 11.9 Å². The Labute approximate surface area is 182 Å². The molecular weight excluding hydrogens is 402 g/mol. The van der Waals surface area contributed by atoms with Gasteiger partial charge in [-0.2, -0.15) is 0 Å². The Morgan fingerprint density at radius 3 is 2.17 bits per heavy atom. The highest BCUT2D eigenvalue weighted by atomic mass is 35.5. The molecule has 0 bridgehead atoms. The van der Waals surface area contributed by atoms with E-state index in [2.05, 4.69) is 5.32 Å². The van der Waals surface area contributed by atoms with Gasteiger partial charge in [-0.05, 0) is 82.9 Å². The summed E-state index contributed by atoms with van der Waals surface area (Å²) in [5, 5.41) is 3.27. The van der Waals surface area contributed by atoms with Gasteiger partial charge in [-0.1, -0.05) is 23.7 Å². The number of hydrogen-bond acceptors (Lipinski definition) is 4. The highest BCUT2D eigenvalue weighted by Gasteiger charge is 2.28. The average molecular weight is 430 g/mol. The number of rotatable bonds is 6. The Kier molecular flexibility index (Phi) is 7.03. The van der Waals surface area contributed by atoms with Crippen molar-refractivity contribution in [2.45, 2.75) is 64.2 Å². The van der Waals surface area contributed by atoms with Crippen LogP contribution in [0.4, 0.5) is 4.79 Å². The summed E-state index contributed by atoms with van der Waals surface area (Å²) in [5.41, 5.74) is 0.515. The van der Waals surface area contributed by atoms with Crippen molar-refractivity contribution in [3.8, 4) is 5.75 Å².